The zero-order valence-electron chi connectivity index (χ0n) is 14.1. The SMILES string of the molecule is Cc1nnc(NC2CCN(C(=O)OC(C)C)CC2)c(C#N)c1C. The number of anilines is 1. The van der Waals surface area contributed by atoms with E-state index in [9.17, 15) is 10.1 Å². The van der Waals surface area contributed by atoms with E-state index in [1.807, 2.05) is 27.7 Å². The van der Waals surface area contributed by atoms with Crippen LogP contribution in [0.2, 0.25) is 0 Å². The number of aromatic nitrogens is 2. The average molecular weight is 317 g/mol. The highest BCUT2D eigenvalue weighted by Crippen LogP contribution is 2.21. The van der Waals surface area contributed by atoms with Gasteiger partial charge in [0, 0.05) is 19.1 Å². The molecule has 0 atom stereocenters. The maximum Gasteiger partial charge on any atom is 0.410 e. The molecule has 0 unspecified atom stereocenters. The van der Waals surface area contributed by atoms with E-state index in [0.29, 0.717) is 24.5 Å². The van der Waals surface area contributed by atoms with Crippen molar-refractivity contribution in [1.29, 1.82) is 5.26 Å². The number of likely N-dealkylation sites (tertiary alicyclic amines) is 1. The third kappa shape index (κ3) is 4.09. The van der Waals surface area contributed by atoms with Gasteiger partial charge in [0.1, 0.15) is 11.6 Å². The molecule has 1 aliphatic heterocycles. The Kier molecular flexibility index (Phi) is 5.37. The molecule has 1 amide bonds. The lowest BCUT2D eigenvalue weighted by atomic mass is 10.0. The molecule has 1 saturated heterocycles. The first kappa shape index (κ1) is 17.0. The Morgan fingerprint density at radius 2 is 2.00 bits per heavy atom. The summed E-state index contributed by atoms with van der Waals surface area (Å²) in [5.41, 5.74) is 2.15. The van der Waals surface area contributed by atoms with E-state index >= 15 is 0 Å². The van der Waals surface area contributed by atoms with E-state index in [-0.39, 0.29) is 18.2 Å². The number of carbonyl (C=O) groups is 1. The van der Waals surface area contributed by atoms with Crippen LogP contribution >= 0.6 is 0 Å². The van der Waals surface area contributed by atoms with Crippen LogP contribution < -0.4 is 5.32 Å². The second-order valence-electron chi connectivity index (χ2n) is 6.08. The first-order chi connectivity index (χ1) is 10.9. The van der Waals surface area contributed by atoms with Crippen LogP contribution in [0, 0.1) is 25.2 Å². The van der Waals surface area contributed by atoms with E-state index in [4.69, 9.17) is 4.74 Å². The van der Waals surface area contributed by atoms with Crippen molar-refractivity contribution in [3.05, 3.63) is 16.8 Å². The fraction of sp³-hybridized carbons (Fsp3) is 0.625. The predicted molar refractivity (Wildman–Crippen MR) is 86.1 cm³/mol. The standard InChI is InChI=1S/C16H23N5O2/c1-10(2)23-16(22)21-7-5-13(6-8-21)18-15-14(9-17)11(3)12(4)19-20-15/h10,13H,5-8H2,1-4H3,(H,18,20). The number of rotatable bonds is 3. The lowest BCUT2D eigenvalue weighted by Crippen LogP contribution is -2.43. The highest BCUT2D eigenvalue weighted by Gasteiger charge is 2.25. The van der Waals surface area contributed by atoms with Gasteiger partial charge in [-0.15, -0.1) is 5.10 Å². The number of nitrogens with zero attached hydrogens (tertiary/aromatic N) is 4. The van der Waals surface area contributed by atoms with Gasteiger partial charge in [-0.2, -0.15) is 10.4 Å². The molecule has 2 heterocycles. The summed E-state index contributed by atoms with van der Waals surface area (Å²) in [7, 11) is 0. The molecule has 1 fully saturated rings. The van der Waals surface area contributed by atoms with Crippen molar-refractivity contribution < 1.29 is 9.53 Å². The van der Waals surface area contributed by atoms with E-state index < -0.39 is 0 Å². The van der Waals surface area contributed by atoms with Gasteiger partial charge in [0.05, 0.1) is 11.8 Å². The monoisotopic (exact) mass is 317 g/mol. The van der Waals surface area contributed by atoms with Gasteiger partial charge in [-0.3, -0.25) is 0 Å². The molecule has 7 heteroatoms. The van der Waals surface area contributed by atoms with Crippen molar-refractivity contribution in [2.45, 2.75) is 52.7 Å². The van der Waals surface area contributed by atoms with Crippen molar-refractivity contribution in [2.24, 2.45) is 0 Å². The number of hydrogen-bond donors (Lipinski definition) is 1. The molecular formula is C16H23N5O2. The van der Waals surface area contributed by atoms with Crippen molar-refractivity contribution in [1.82, 2.24) is 15.1 Å². The average Bonchev–Trinajstić information content (AvgIpc) is 2.51. The van der Waals surface area contributed by atoms with E-state index in [1.54, 1.807) is 4.90 Å². The fourth-order valence-corrected chi connectivity index (χ4v) is 2.52. The van der Waals surface area contributed by atoms with E-state index in [0.717, 1.165) is 24.1 Å². The van der Waals surface area contributed by atoms with Gasteiger partial charge < -0.3 is 15.0 Å². The normalized spacial score (nSPS) is 15.4. The van der Waals surface area contributed by atoms with Gasteiger partial charge in [-0.1, -0.05) is 0 Å². The van der Waals surface area contributed by atoms with Crippen molar-refractivity contribution in [3.63, 3.8) is 0 Å². The number of piperidine rings is 1. The maximum absolute atomic E-state index is 11.9. The summed E-state index contributed by atoms with van der Waals surface area (Å²) in [6.45, 7) is 8.65. The Hall–Kier alpha value is -2.36. The van der Waals surface area contributed by atoms with E-state index in [2.05, 4.69) is 21.6 Å². The van der Waals surface area contributed by atoms with Gasteiger partial charge in [0.2, 0.25) is 0 Å². The quantitative estimate of drug-likeness (QED) is 0.920. The zero-order chi connectivity index (χ0) is 17.0. The van der Waals surface area contributed by atoms with Gasteiger partial charge in [0.15, 0.2) is 5.82 Å². The van der Waals surface area contributed by atoms with Crippen LogP contribution in [-0.4, -0.2) is 46.4 Å². The van der Waals surface area contributed by atoms with Crippen molar-refractivity contribution in [2.75, 3.05) is 18.4 Å². The molecule has 1 aliphatic rings. The number of aryl methyl sites for hydroxylation is 1. The summed E-state index contributed by atoms with van der Waals surface area (Å²) in [5.74, 6) is 0.527. The first-order valence-corrected chi connectivity index (χ1v) is 7.88. The predicted octanol–water partition coefficient (Wildman–Crippen LogP) is 2.39. The molecule has 0 aliphatic carbocycles. The number of nitriles is 1. The van der Waals surface area contributed by atoms with Crippen LogP contribution in [0.25, 0.3) is 0 Å². The molecular weight excluding hydrogens is 294 g/mol. The minimum absolute atomic E-state index is 0.109. The second kappa shape index (κ2) is 7.27. The van der Waals surface area contributed by atoms with E-state index in [1.165, 1.54) is 0 Å². The molecule has 0 radical (unpaired) electrons. The Labute approximate surface area is 136 Å². The highest BCUT2D eigenvalue weighted by molar-refractivity contribution is 5.68. The van der Waals surface area contributed by atoms with Gasteiger partial charge in [-0.25, -0.2) is 4.79 Å². The van der Waals surface area contributed by atoms with Crippen LogP contribution in [0.5, 0.6) is 0 Å². The molecule has 1 aromatic heterocycles. The summed E-state index contributed by atoms with van der Waals surface area (Å²) in [6.07, 6.45) is 1.20. The minimum Gasteiger partial charge on any atom is -0.447 e. The minimum atomic E-state index is -0.262. The lowest BCUT2D eigenvalue weighted by molar-refractivity contribution is 0.0701. The number of ether oxygens (including phenoxy) is 1. The number of carbonyl (C=O) groups excluding carboxylic acids is 1. The molecule has 124 valence electrons. The largest absolute Gasteiger partial charge is 0.447 e. The van der Waals surface area contributed by atoms with Gasteiger partial charge in [0.25, 0.3) is 0 Å². The molecule has 23 heavy (non-hydrogen) atoms. The van der Waals surface area contributed by atoms with Crippen LogP contribution in [0.1, 0.15) is 43.5 Å². The molecule has 0 saturated carbocycles. The third-order valence-corrected chi connectivity index (χ3v) is 4.00. The number of hydrogen-bond acceptors (Lipinski definition) is 6. The smallest absolute Gasteiger partial charge is 0.410 e. The summed E-state index contributed by atoms with van der Waals surface area (Å²) >= 11 is 0. The molecule has 2 rings (SSSR count). The van der Waals surface area contributed by atoms with Crippen LogP contribution in [-0.2, 0) is 4.74 Å². The third-order valence-electron chi connectivity index (χ3n) is 4.00. The lowest BCUT2D eigenvalue weighted by Gasteiger charge is -2.32. The molecule has 0 bridgehead atoms. The second-order valence-corrected chi connectivity index (χ2v) is 6.08. The highest BCUT2D eigenvalue weighted by atomic mass is 16.6. The first-order valence-electron chi connectivity index (χ1n) is 7.88. The number of nitrogens with one attached hydrogen (secondary N) is 1. The van der Waals surface area contributed by atoms with Crippen molar-refractivity contribution in [3.8, 4) is 6.07 Å². The van der Waals surface area contributed by atoms with Crippen LogP contribution in [0.15, 0.2) is 0 Å². The summed E-state index contributed by atoms with van der Waals surface area (Å²) in [6, 6.07) is 2.36. The summed E-state index contributed by atoms with van der Waals surface area (Å²) in [5, 5.41) is 20.8. The molecule has 0 spiro atoms. The topological polar surface area (TPSA) is 91.1 Å². The van der Waals surface area contributed by atoms with Crippen molar-refractivity contribution >= 4 is 11.9 Å². The maximum atomic E-state index is 11.9. The molecule has 0 aromatic carbocycles. The Morgan fingerprint density at radius 1 is 1.35 bits per heavy atom. The fourth-order valence-electron chi connectivity index (χ4n) is 2.52. The molecule has 7 nitrogen and oxygen atoms in total. The summed E-state index contributed by atoms with van der Waals surface area (Å²) < 4.78 is 5.21. The molecule has 1 aromatic rings. The van der Waals surface area contributed by atoms with Crippen LogP contribution in [0.3, 0.4) is 0 Å². The van der Waals surface area contributed by atoms with Gasteiger partial charge >= 0.3 is 6.09 Å². The Morgan fingerprint density at radius 3 is 2.57 bits per heavy atom. The Balaban J connectivity index is 1.96. The van der Waals surface area contributed by atoms with Gasteiger partial charge in [-0.05, 0) is 46.1 Å². The summed E-state index contributed by atoms with van der Waals surface area (Å²) in [4.78, 5) is 13.6. The van der Waals surface area contributed by atoms with Crippen LogP contribution in [0.4, 0.5) is 10.6 Å². The zero-order valence-corrected chi connectivity index (χ0v) is 14.1. The number of amides is 1. The Bertz CT molecular complexity index is 616. The molecule has 1 N–H and O–H groups in total.